The molecule has 2 N–H and O–H groups in total. The van der Waals surface area contributed by atoms with E-state index in [1.54, 1.807) is 43.5 Å². The van der Waals surface area contributed by atoms with E-state index in [9.17, 15) is 4.79 Å². The van der Waals surface area contributed by atoms with Crippen molar-refractivity contribution >= 4 is 34.2 Å². The van der Waals surface area contributed by atoms with Crippen LogP contribution in [0.15, 0.2) is 77.5 Å². The van der Waals surface area contributed by atoms with Gasteiger partial charge in [-0.15, -0.1) is 5.10 Å². The summed E-state index contributed by atoms with van der Waals surface area (Å²) in [6.45, 7) is 4.13. The molecule has 6 aromatic rings. The normalized spacial score (nSPS) is 15.1. The Labute approximate surface area is 252 Å². The lowest BCUT2D eigenvalue weighted by Gasteiger charge is -2.41. The number of benzene rings is 2. The van der Waals surface area contributed by atoms with E-state index in [4.69, 9.17) is 24.7 Å². The summed E-state index contributed by atoms with van der Waals surface area (Å²) in [6.07, 6.45) is 3.21. The molecule has 224 valence electrons. The number of fused-ring (bicyclic) bond motifs is 3. The third-order valence-electron chi connectivity index (χ3n) is 8.24. The van der Waals surface area contributed by atoms with Crippen molar-refractivity contribution in [2.75, 3.05) is 51.0 Å². The number of furan rings is 1. The Morgan fingerprint density at radius 2 is 1.75 bits per heavy atom. The third kappa shape index (κ3) is 4.27. The standard InChI is InChI=1S/C31H31N9O4/c1-31(20-8-5-4-6-9-20,29(41)38-15-13-37(14-16-38)23-12-11-21(42-2)18-25(23)43-3)40-28-22(19-33-40)27-34-26(24-10-7-17-44-24)36-39(27)30(32)35-28/h4-12,17-19H,13-16H2,1-3H3,(H2,32,35). The van der Waals surface area contributed by atoms with E-state index in [1.165, 1.54) is 4.52 Å². The fraction of sp³-hybridized carbons (Fsp3) is 0.258. The molecule has 0 aliphatic carbocycles. The topological polar surface area (TPSA) is 142 Å². The Morgan fingerprint density at radius 1 is 0.955 bits per heavy atom. The van der Waals surface area contributed by atoms with Gasteiger partial charge < -0.3 is 29.4 Å². The summed E-state index contributed by atoms with van der Waals surface area (Å²) in [5, 5.41) is 9.83. The fourth-order valence-corrected chi connectivity index (χ4v) is 5.85. The number of methoxy groups -OCH3 is 2. The molecular formula is C31H31N9O4. The average molecular weight is 594 g/mol. The summed E-state index contributed by atoms with van der Waals surface area (Å²) in [6, 6.07) is 18.9. The first kappa shape index (κ1) is 27.3. The fourth-order valence-electron chi connectivity index (χ4n) is 5.85. The number of aromatic nitrogens is 6. The predicted octanol–water partition coefficient (Wildman–Crippen LogP) is 3.45. The Bertz CT molecular complexity index is 1960. The zero-order valence-electron chi connectivity index (χ0n) is 24.5. The summed E-state index contributed by atoms with van der Waals surface area (Å²) in [4.78, 5) is 28.1. The molecule has 4 aromatic heterocycles. The number of nitrogen functional groups attached to an aromatic ring is 1. The van der Waals surface area contributed by atoms with Gasteiger partial charge in [-0.2, -0.15) is 14.6 Å². The van der Waals surface area contributed by atoms with Gasteiger partial charge in [0.2, 0.25) is 11.8 Å². The van der Waals surface area contributed by atoms with Gasteiger partial charge in [-0.05, 0) is 36.8 Å². The summed E-state index contributed by atoms with van der Waals surface area (Å²) < 4.78 is 19.6. The highest BCUT2D eigenvalue weighted by Gasteiger charge is 2.43. The number of rotatable bonds is 7. The first-order valence-corrected chi connectivity index (χ1v) is 14.2. The molecular weight excluding hydrogens is 562 g/mol. The second-order valence-electron chi connectivity index (χ2n) is 10.7. The van der Waals surface area contributed by atoms with Crippen molar-refractivity contribution in [2.45, 2.75) is 12.5 Å². The van der Waals surface area contributed by atoms with Crippen molar-refractivity contribution in [3.05, 3.63) is 78.7 Å². The Hall–Kier alpha value is -5.59. The Balaban J connectivity index is 1.26. The monoisotopic (exact) mass is 593 g/mol. The van der Waals surface area contributed by atoms with Crippen LogP contribution in [0.3, 0.4) is 0 Å². The maximum absolute atomic E-state index is 14.6. The molecule has 1 unspecified atom stereocenters. The lowest BCUT2D eigenvalue weighted by molar-refractivity contribution is -0.138. The molecule has 13 heteroatoms. The van der Waals surface area contributed by atoms with Gasteiger partial charge in [-0.1, -0.05) is 30.3 Å². The van der Waals surface area contributed by atoms with Gasteiger partial charge in [0.05, 0.1) is 37.8 Å². The number of ether oxygens (including phenoxy) is 2. The van der Waals surface area contributed by atoms with Gasteiger partial charge in [-0.3, -0.25) is 4.79 Å². The molecule has 2 aromatic carbocycles. The van der Waals surface area contributed by atoms with Crippen LogP contribution in [0.5, 0.6) is 11.5 Å². The van der Waals surface area contributed by atoms with Crippen LogP contribution in [0.25, 0.3) is 28.3 Å². The van der Waals surface area contributed by atoms with Crippen LogP contribution < -0.4 is 20.1 Å². The van der Waals surface area contributed by atoms with E-state index in [0.29, 0.717) is 54.4 Å². The minimum Gasteiger partial charge on any atom is -0.497 e. The molecule has 1 fully saturated rings. The Morgan fingerprint density at radius 3 is 2.45 bits per heavy atom. The van der Waals surface area contributed by atoms with Crippen LogP contribution in [0.4, 0.5) is 11.6 Å². The molecule has 1 aliphatic rings. The van der Waals surface area contributed by atoms with Crippen LogP contribution in [-0.2, 0) is 10.3 Å². The van der Waals surface area contributed by atoms with Crippen LogP contribution in [-0.4, -0.2) is 80.6 Å². The number of carbonyl (C=O) groups excluding carboxylic acids is 1. The highest BCUT2D eigenvalue weighted by molar-refractivity contribution is 5.94. The maximum Gasteiger partial charge on any atom is 0.255 e. The molecule has 1 amide bonds. The minimum atomic E-state index is -1.23. The lowest BCUT2D eigenvalue weighted by atomic mass is 9.90. The number of piperazine rings is 1. The van der Waals surface area contributed by atoms with Gasteiger partial charge >= 0.3 is 0 Å². The number of amides is 1. The summed E-state index contributed by atoms with van der Waals surface area (Å²) in [7, 11) is 3.27. The molecule has 1 saturated heterocycles. The minimum absolute atomic E-state index is 0.104. The highest BCUT2D eigenvalue weighted by atomic mass is 16.5. The molecule has 7 rings (SSSR count). The maximum atomic E-state index is 14.6. The van der Waals surface area contributed by atoms with Gasteiger partial charge in [0, 0.05) is 32.2 Å². The molecule has 5 heterocycles. The first-order chi connectivity index (χ1) is 21.4. The van der Waals surface area contributed by atoms with E-state index < -0.39 is 5.54 Å². The quantitative estimate of drug-likeness (QED) is 0.292. The third-order valence-corrected chi connectivity index (χ3v) is 8.24. The van der Waals surface area contributed by atoms with Crippen LogP contribution in [0, 0.1) is 0 Å². The summed E-state index contributed by atoms with van der Waals surface area (Å²) in [5.41, 5.74) is 7.78. The largest absolute Gasteiger partial charge is 0.497 e. The zero-order chi connectivity index (χ0) is 30.4. The van der Waals surface area contributed by atoms with E-state index in [1.807, 2.05) is 60.4 Å². The van der Waals surface area contributed by atoms with Crippen LogP contribution >= 0.6 is 0 Å². The van der Waals surface area contributed by atoms with Gasteiger partial charge in [0.25, 0.3) is 5.91 Å². The van der Waals surface area contributed by atoms with Gasteiger partial charge in [0.1, 0.15) is 11.5 Å². The molecule has 0 spiro atoms. The molecule has 0 saturated carbocycles. The van der Waals surface area contributed by atoms with E-state index in [-0.39, 0.29) is 11.9 Å². The smallest absolute Gasteiger partial charge is 0.255 e. The van der Waals surface area contributed by atoms with Crippen molar-refractivity contribution in [1.82, 2.24) is 34.3 Å². The van der Waals surface area contributed by atoms with E-state index in [0.717, 1.165) is 22.7 Å². The second-order valence-corrected chi connectivity index (χ2v) is 10.7. The Kier molecular flexibility index (Phi) is 6.56. The van der Waals surface area contributed by atoms with Crippen molar-refractivity contribution in [3.63, 3.8) is 0 Å². The van der Waals surface area contributed by atoms with Crippen molar-refractivity contribution in [2.24, 2.45) is 0 Å². The zero-order valence-corrected chi connectivity index (χ0v) is 24.5. The van der Waals surface area contributed by atoms with Crippen molar-refractivity contribution < 1.29 is 18.7 Å². The van der Waals surface area contributed by atoms with Crippen molar-refractivity contribution in [3.8, 4) is 23.1 Å². The molecule has 44 heavy (non-hydrogen) atoms. The summed E-state index contributed by atoms with van der Waals surface area (Å²) in [5.74, 6) is 2.33. The van der Waals surface area contributed by atoms with Gasteiger partial charge in [-0.25, -0.2) is 9.67 Å². The number of nitrogens with zero attached hydrogens (tertiary/aromatic N) is 8. The number of hydrogen-bond acceptors (Lipinski definition) is 10. The second kappa shape index (κ2) is 10.6. The van der Waals surface area contributed by atoms with Crippen LogP contribution in [0.1, 0.15) is 12.5 Å². The number of nitrogens with two attached hydrogens (primary N) is 1. The average Bonchev–Trinajstić information content (AvgIpc) is 3.85. The first-order valence-electron chi connectivity index (χ1n) is 14.2. The van der Waals surface area contributed by atoms with Crippen LogP contribution in [0.2, 0.25) is 0 Å². The molecule has 13 nitrogen and oxygen atoms in total. The molecule has 0 bridgehead atoms. The summed E-state index contributed by atoms with van der Waals surface area (Å²) >= 11 is 0. The van der Waals surface area contributed by atoms with Crippen molar-refractivity contribution in [1.29, 1.82) is 0 Å². The van der Waals surface area contributed by atoms with E-state index >= 15 is 0 Å². The molecule has 1 atom stereocenters. The predicted molar refractivity (Wildman–Crippen MR) is 164 cm³/mol. The number of hydrogen-bond donors (Lipinski definition) is 1. The molecule has 0 radical (unpaired) electrons. The highest BCUT2D eigenvalue weighted by Crippen LogP contribution is 2.35. The van der Waals surface area contributed by atoms with Gasteiger partial charge in [0.15, 0.2) is 22.6 Å². The number of carbonyl (C=O) groups is 1. The van der Waals surface area contributed by atoms with E-state index in [2.05, 4.69) is 20.0 Å². The lowest BCUT2D eigenvalue weighted by Crippen LogP contribution is -2.56. The number of anilines is 2. The molecule has 1 aliphatic heterocycles. The SMILES string of the molecule is COc1ccc(N2CCN(C(=O)C(C)(c3ccccc3)n3ncc4c3nc(N)n3nc(-c5ccco5)nc43)CC2)c(OC)c1.